The molecule has 0 radical (unpaired) electrons. The Hall–Kier alpha value is -1.84. The minimum atomic E-state index is 0.00629. The summed E-state index contributed by atoms with van der Waals surface area (Å²) in [6, 6.07) is 7.22. The van der Waals surface area contributed by atoms with Gasteiger partial charge in [-0.1, -0.05) is 0 Å². The van der Waals surface area contributed by atoms with E-state index in [0.717, 1.165) is 11.6 Å². The van der Waals surface area contributed by atoms with Crippen molar-refractivity contribution in [1.82, 2.24) is 4.90 Å². The molecule has 1 aliphatic heterocycles. The Morgan fingerprint density at radius 1 is 1.41 bits per heavy atom. The topological polar surface area (TPSA) is 41.9 Å². The van der Waals surface area contributed by atoms with Gasteiger partial charge >= 0.3 is 0 Å². The normalized spacial score (nSPS) is 14.7. The number of hydrogen-bond acceptors (Lipinski definition) is 3. The maximum absolute atomic E-state index is 12.1. The van der Waals surface area contributed by atoms with Gasteiger partial charge in [0.05, 0.1) is 13.2 Å². The van der Waals surface area contributed by atoms with Gasteiger partial charge in [-0.2, -0.15) is 0 Å². The lowest BCUT2D eigenvalue weighted by atomic mass is 10.2. The summed E-state index contributed by atoms with van der Waals surface area (Å²) in [6.07, 6.45) is 0. The number of rotatable bonds is 3. The van der Waals surface area contributed by atoms with Crippen LogP contribution in [-0.4, -0.2) is 36.3 Å². The molecule has 0 unspecified atom stereocenters. The van der Waals surface area contributed by atoms with Gasteiger partial charge in [-0.25, -0.2) is 0 Å². The molecule has 17 heavy (non-hydrogen) atoms. The highest BCUT2D eigenvalue weighted by Crippen LogP contribution is 2.15. The van der Waals surface area contributed by atoms with E-state index in [1.807, 2.05) is 26.0 Å². The molecule has 4 heteroatoms. The zero-order chi connectivity index (χ0) is 12.3. The van der Waals surface area contributed by atoms with E-state index in [1.54, 1.807) is 17.0 Å². The molecule has 1 aromatic rings. The molecule has 4 nitrogen and oxygen atoms in total. The lowest BCUT2D eigenvalue weighted by Crippen LogP contribution is -2.32. The maximum atomic E-state index is 12.1. The molecular formula is C13H16N2O2. The first-order chi connectivity index (χ1) is 8.22. The average Bonchev–Trinajstić information content (AvgIpc) is 2.76. The second kappa shape index (κ2) is 4.99. The third kappa shape index (κ3) is 2.46. The van der Waals surface area contributed by atoms with Crippen LogP contribution in [0.25, 0.3) is 0 Å². The molecule has 0 bridgehead atoms. The Labute approximate surface area is 101 Å². The van der Waals surface area contributed by atoms with Gasteiger partial charge in [-0.3, -0.25) is 14.7 Å². The van der Waals surface area contributed by atoms with Gasteiger partial charge in [0.15, 0.2) is 0 Å². The summed E-state index contributed by atoms with van der Waals surface area (Å²) < 4.78 is 5.34. The van der Waals surface area contributed by atoms with Crippen molar-refractivity contribution in [2.75, 3.05) is 19.7 Å². The fourth-order valence-electron chi connectivity index (χ4n) is 1.82. The third-order valence-electron chi connectivity index (χ3n) is 2.71. The Bertz CT molecular complexity index is 437. The summed E-state index contributed by atoms with van der Waals surface area (Å²) >= 11 is 0. The van der Waals surface area contributed by atoms with Gasteiger partial charge in [0, 0.05) is 12.1 Å². The van der Waals surface area contributed by atoms with Gasteiger partial charge in [0.1, 0.15) is 11.6 Å². The second-order valence-electron chi connectivity index (χ2n) is 3.84. The molecule has 0 saturated heterocycles. The first-order valence-corrected chi connectivity index (χ1v) is 5.78. The highest BCUT2D eigenvalue weighted by atomic mass is 16.5. The summed E-state index contributed by atoms with van der Waals surface area (Å²) in [5, 5.41) is 0. The van der Waals surface area contributed by atoms with Crippen molar-refractivity contribution in [1.29, 1.82) is 0 Å². The summed E-state index contributed by atoms with van der Waals surface area (Å²) in [7, 11) is 0. The van der Waals surface area contributed by atoms with Gasteiger partial charge in [0.2, 0.25) is 0 Å². The summed E-state index contributed by atoms with van der Waals surface area (Å²) in [5.41, 5.74) is 0.671. The van der Waals surface area contributed by atoms with Gasteiger partial charge in [-0.05, 0) is 38.1 Å². The van der Waals surface area contributed by atoms with Crippen LogP contribution >= 0.6 is 0 Å². The number of nitrogens with zero attached hydrogens (tertiary/aromatic N) is 2. The average molecular weight is 232 g/mol. The van der Waals surface area contributed by atoms with Gasteiger partial charge in [-0.15, -0.1) is 0 Å². The molecule has 0 aliphatic carbocycles. The molecule has 2 rings (SSSR count). The standard InChI is InChI=1S/C13H16N2O2/c1-3-17-12-6-4-11(5-7-12)13(16)15-9-8-14-10(15)2/h4-7H,3,8-9H2,1-2H3. The number of carbonyl (C=O) groups excluding carboxylic acids is 1. The number of ether oxygens (including phenoxy) is 1. The van der Waals surface area contributed by atoms with Crippen molar-refractivity contribution in [3.63, 3.8) is 0 Å². The molecule has 0 fully saturated rings. The number of carbonyl (C=O) groups is 1. The van der Waals surface area contributed by atoms with E-state index in [4.69, 9.17) is 4.74 Å². The molecule has 1 aliphatic rings. The summed E-state index contributed by atoms with van der Waals surface area (Å²) in [6.45, 7) is 5.81. The fourth-order valence-corrected chi connectivity index (χ4v) is 1.82. The van der Waals surface area contributed by atoms with Crippen molar-refractivity contribution in [2.45, 2.75) is 13.8 Å². The highest BCUT2D eigenvalue weighted by molar-refractivity contribution is 6.06. The molecular weight excluding hydrogens is 216 g/mol. The molecule has 0 atom stereocenters. The number of benzene rings is 1. The van der Waals surface area contributed by atoms with E-state index in [9.17, 15) is 4.79 Å². The van der Waals surface area contributed by atoms with Crippen LogP contribution in [-0.2, 0) is 0 Å². The van der Waals surface area contributed by atoms with Crippen LogP contribution in [0.5, 0.6) is 5.75 Å². The number of amides is 1. The van der Waals surface area contributed by atoms with Crippen LogP contribution in [0, 0.1) is 0 Å². The quantitative estimate of drug-likeness (QED) is 0.799. The number of hydrogen-bond donors (Lipinski definition) is 0. The number of aliphatic imine (C=N–C) groups is 1. The Morgan fingerprint density at radius 2 is 2.12 bits per heavy atom. The predicted octanol–water partition coefficient (Wildman–Crippen LogP) is 1.96. The first-order valence-electron chi connectivity index (χ1n) is 5.78. The van der Waals surface area contributed by atoms with Crippen molar-refractivity contribution in [3.05, 3.63) is 29.8 Å². The van der Waals surface area contributed by atoms with E-state index >= 15 is 0 Å². The Morgan fingerprint density at radius 3 is 2.65 bits per heavy atom. The summed E-state index contributed by atoms with van der Waals surface area (Å²) in [4.78, 5) is 18.0. The maximum Gasteiger partial charge on any atom is 0.259 e. The van der Waals surface area contributed by atoms with Crippen LogP contribution in [0.2, 0.25) is 0 Å². The minimum absolute atomic E-state index is 0.00629. The van der Waals surface area contributed by atoms with E-state index < -0.39 is 0 Å². The summed E-state index contributed by atoms with van der Waals surface area (Å²) in [5.74, 6) is 1.59. The van der Waals surface area contributed by atoms with E-state index in [2.05, 4.69) is 4.99 Å². The zero-order valence-corrected chi connectivity index (χ0v) is 10.1. The Kier molecular flexibility index (Phi) is 3.42. The highest BCUT2D eigenvalue weighted by Gasteiger charge is 2.21. The van der Waals surface area contributed by atoms with Crippen molar-refractivity contribution in [3.8, 4) is 5.75 Å². The van der Waals surface area contributed by atoms with Crippen LogP contribution < -0.4 is 4.74 Å². The lowest BCUT2D eigenvalue weighted by Gasteiger charge is -2.16. The fraction of sp³-hybridized carbons (Fsp3) is 0.385. The van der Waals surface area contributed by atoms with Gasteiger partial charge < -0.3 is 4.74 Å². The monoisotopic (exact) mass is 232 g/mol. The lowest BCUT2D eigenvalue weighted by molar-refractivity contribution is 0.0857. The van der Waals surface area contributed by atoms with E-state index in [1.165, 1.54) is 0 Å². The van der Waals surface area contributed by atoms with Crippen LogP contribution in [0.1, 0.15) is 24.2 Å². The molecule has 0 N–H and O–H groups in total. The van der Waals surface area contributed by atoms with Gasteiger partial charge in [0.25, 0.3) is 5.91 Å². The van der Waals surface area contributed by atoms with Crippen LogP contribution in [0.3, 0.4) is 0 Å². The van der Waals surface area contributed by atoms with Crippen LogP contribution in [0.4, 0.5) is 0 Å². The zero-order valence-electron chi connectivity index (χ0n) is 10.1. The SMILES string of the molecule is CCOc1ccc(C(=O)N2CCN=C2C)cc1. The van der Waals surface area contributed by atoms with Crippen molar-refractivity contribution >= 4 is 11.7 Å². The molecule has 90 valence electrons. The molecule has 0 aromatic heterocycles. The molecule has 0 saturated carbocycles. The molecule has 1 aromatic carbocycles. The molecule has 1 amide bonds. The molecule has 1 heterocycles. The second-order valence-corrected chi connectivity index (χ2v) is 3.84. The molecule has 0 spiro atoms. The third-order valence-corrected chi connectivity index (χ3v) is 2.71. The number of amidine groups is 1. The largest absolute Gasteiger partial charge is 0.494 e. The van der Waals surface area contributed by atoms with E-state index in [0.29, 0.717) is 25.3 Å². The minimum Gasteiger partial charge on any atom is -0.494 e. The predicted molar refractivity (Wildman–Crippen MR) is 66.6 cm³/mol. The first kappa shape index (κ1) is 11.6. The van der Waals surface area contributed by atoms with E-state index in [-0.39, 0.29) is 5.91 Å². The van der Waals surface area contributed by atoms with Crippen molar-refractivity contribution < 1.29 is 9.53 Å². The van der Waals surface area contributed by atoms with Crippen LogP contribution in [0.15, 0.2) is 29.3 Å². The Balaban J connectivity index is 2.12. The smallest absolute Gasteiger partial charge is 0.259 e. The van der Waals surface area contributed by atoms with Crippen molar-refractivity contribution in [2.24, 2.45) is 4.99 Å².